The van der Waals surface area contributed by atoms with E-state index < -0.39 is 0 Å². The SMILES string of the molecule is CN=Cc1cc(-c2nc3sc(SCCOC)c(C(C)C)c3c(-c3ccccc3)c2C#N)cnc1N. The summed E-state index contributed by atoms with van der Waals surface area (Å²) in [7, 11) is 3.40. The molecule has 0 saturated heterocycles. The Morgan fingerprint density at radius 2 is 2.03 bits per heavy atom. The van der Waals surface area contributed by atoms with Crippen molar-refractivity contribution in [1.82, 2.24) is 9.97 Å². The quantitative estimate of drug-likeness (QED) is 0.171. The molecule has 0 radical (unpaired) electrons. The van der Waals surface area contributed by atoms with Crippen molar-refractivity contribution in [2.24, 2.45) is 4.99 Å². The van der Waals surface area contributed by atoms with Crippen molar-refractivity contribution in [3.63, 3.8) is 0 Å². The summed E-state index contributed by atoms with van der Waals surface area (Å²) in [5.41, 5.74) is 11.7. The summed E-state index contributed by atoms with van der Waals surface area (Å²) in [5, 5.41) is 11.5. The van der Waals surface area contributed by atoms with Gasteiger partial charge in [-0.1, -0.05) is 44.2 Å². The van der Waals surface area contributed by atoms with E-state index in [1.54, 1.807) is 49.7 Å². The topological polar surface area (TPSA) is 97.2 Å². The number of thioether (sulfide) groups is 1. The smallest absolute Gasteiger partial charge is 0.132 e. The van der Waals surface area contributed by atoms with Gasteiger partial charge in [0.1, 0.15) is 16.7 Å². The molecule has 0 unspecified atom stereocenters. The molecule has 0 atom stereocenters. The summed E-state index contributed by atoms with van der Waals surface area (Å²) >= 11 is 3.45. The molecular formula is C27H27N5OS2. The number of hydrogen-bond donors (Lipinski definition) is 1. The van der Waals surface area contributed by atoms with E-state index in [1.807, 2.05) is 24.3 Å². The molecule has 35 heavy (non-hydrogen) atoms. The third-order valence-electron chi connectivity index (χ3n) is 5.61. The number of nitrogen functional groups attached to an aromatic ring is 1. The lowest BCUT2D eigenvalue weighted by molar-refractivity contribution is 0.218. The van der Waals surface area contributed by atoms with E-state index >= 15 is 0 Å². The molecular weight excluding hydrogens is 474 g/mol. The first-order chi connectivity index (χ1) is 17.0. The Kier molecular flexibility index (Phi) is 7.81. The molecule has 3 heterocycles. The van der Waals surface area contributed by atoms with Gasteiger partial charge >= 0.3 is 0 Å². The second-order valence-corrected chi connectivity index (χ2v) is 10.6. The number of pyridine rings is 2. The molecule has 1 aromatic carbocycles. The van der Waals surface area contributed by atoms with E-state index in [0.717, 1.165) is 32.7 Å². The molecule has 6 nitrogen and oxygen atoms in total. The maximum atomic E-state index is 10.4. The summed E-state index contributed by atoms with van der Waals surface area (Å²) in [5.74, 6) is 1.50. The van der Waals surface area contributed by atoms with Gasteiger partial charge in [-0.15, -0.1) is 23.1 Å². The highest BCUT2D eigenvalue weighted by atomic mass is 32.2. The highest BCUT2D eigenvalue weighted by Gasteiger charge is 2.25. The predicted octanol–water partition coefficient (Wildman–Crippen LogP) is 6.39. The Morgan fingerprint density at radius 1 is 1.26 bits per heavy atom. The Bertz CT molecular complexity index is 1420. The van der Waals surface area contributed by atoms with Crippen LogP contribution in [0.4, 0.5) is 5.82 Å². The number of aromatic nitrogens is 2. The van der Waals surface area contributed by atoms with Crippen LogP contribution in [-0.2, 0) is 4.74 Å². The first-order valence-corrected chi connectivity index (χ1v) is 13.1. The first-order valence-electron chi connectivity index (χ1n) is 11.3. The van der Waals surface area contributed by atoms with Crippen LogP contribution in [0.1, 0.15) is 36.5 Å². The largest absolute Gasteiger partial charge is 0.384 e. The van der Waals surface area contributed by atoms with E-state index in [1.165, 1.54) is 9.77 Å². The Morgan fingerprint density at radius 3 is 2.69 bits per heavy atom. The van der Waals surface area contributed by atoms with E-state index in [4.69, 9.17) is 15.5 Å². The lowest BCUT2D eigenvalue weighted by atomic mass is 9.90. The van der Waals surface area contributed by atoms with Crippen LogP contribution in [-0.4, -0.2) is 42.7 Å². The lowest BCUT2D eigenvalue weighted by Crippen LogP contribution is -2.01. The van der Waals surface area contributed by atoms with Gasteiger partial charge in [0.2, 0.25) is 0 Å². The zero-order chi connectivity index (χ0) is 24.9. The van der Waals surface area contributed by atoms with E-state index in [9.17, 15) is 5.26 Å². The van der Waals surface area contributed by atoms with Crippen molar-refractivity contribution >= 4 is 45.3 Å². The number of aliphatic imine (C=N–C) groups is 1. The van der Waals surface area contributed by atoms with E-state index in [-0.39, 0.29) is 5.92 Å². The maximum absolute atomic E-state index is 10.4. The van der Waals surface area contributed by atoms with Gasteiger partial charge in [-0.25, -0.2) is 9.97 Å². The van der Waals surface area contributed by atoms with Gasteiger partial charge in [-0.05, 0) is 23.1 Å². The van der Waals surface area contributed by atoms with Crippen molar-refractivity contribution < 1.29 is 4.74 Å². The number of nitrogens with two attached hydrogens (primary N) is 1. The van der Waals surface area contributed by atoms with Crippen LogP contribution in [0.25, 0.3) is 32.6 Å². The number of benzene rings is 1. The molecule has 0 aliphatic heterocycles. The standard InChI is InChI=1S/C27H27N5OS2/c1-16(2)21-23-22(17-8-6-5-7-9-17)20(13-28)24(18-12-19(14-30-3)25(29)31-15-18)32-26(23)35-27(21)34-11-10-33-4/h5-9,12,14-16H,10-11H2,1-4H3,(H2,29,31). The van der Waals surface area contributed by atoms with Gasteiger partial charge in [0.05, 0.1) is 22.1 Å². The normalized spacial score (nSPS) is 11.5. The number of thiophene rings is 1. The molecule has 0 bridgehead atoms. The number of fused-ring (bicyclic) bond motifs is 1. The molecule has 4 rings (SSSR count). The van der Waals surface area contributed by atoms with Crippen LogP contribution < -0.4 is 5.73 Å². The Labute approximate surface area is 213 Å². The molecule has 0 aliphatic rings. The molecule has 178 valence electrons. The van der Waals surface area contributed by atoms with Crippen LogP contribution in [0.3, 0.4) is 0 Å². The number of methoxy groups -OCH3 is 1. The van der Waals surface area contributed by atoms with Crippen LogP contribution in [0.2, 0.25) is 0 Å². The number of nitriles is 1. The van der Waals surface area contributed by atoms with E-state index in [0.29, 0.717) is 29.2 Å². The minimum atomic E-state index is 0.265. The zero-order valence-electron chi connectivity index (χ0n) is 20.2. The maximum Gasteiger partial charge on any atom is 0.132 e. The summed E-state index contributed by atoms with van der Waals surface area (Å²) in [6, 6.07) is 14.4. The molecule has 0 saturated carbocycles. The van der Waals surface area contributed by atoms with E-state index in [2.05, 4.69) is 42.0 Å². The predicted molar refractivity (Wildman–Crippen MR) is 148 cm³/mol. The van der Waals surface area contributed by atoms with Gasteiger partial charge in [0, 0.05) is 54.4 Å². The van der Waals surface area contributed by atoms with Crippen LogP contribution >= 0.6 is 23.1 Å². The fourth-order valence-corrected chi connectivity index (χ4v) is 6.78. The van der Waals surface area contributed by atoms with Crippen molar-refractivity contribution in [2.45, 2.75) is 24.0 Å². The minimum absolute atomic E-state index is 0.265. The fraction of sp³-hybridized carbons (Fsp3) is 0.259. The van der Waals surface area contributed by atoms with Crippen molar-refractivity contribution in [3.8, 4) is 28.5 Å². The minimum Gasteiger partial charge on any atom is -0.384 e. The van der Waals surface area contributed by atoms with Crippen molar-refractivity contribution in [2.75, 3.05) is 32.3 Å². The third kappa shape index (κ3) is 4.94. The molecule has 4 aromatic rings. The van der Waals surface area contributed by atoms with Crippen molar-refractivity contribution in [1.29, 1.82) is 5.26 Å². The molecule has 2 N–H and O–H groups in total. The third-order valence-corrected chi connectivity index (χ3v) is 7.96. The van der Waals surface area contributed by atoms with Gasteiger partial charge in [-0.2, -0.15) is 5.26 Å². The fourth-order valence-electron chi connectivity index (χ4n) is 4.06. The lowest BCUT2D eigenvalue weighted by Gasteiger charge is -2.15. The number of anilines is 1. The summed E-state index contributed by atoms with van der Waals surface area (Å²) in [6.45, 7) is 5.05. The number of nitrogens with zero attached hydrogens (tertiary/aromatic N) is 4. The molecule has 0 aliphatic carbocycles. The van der Waals surface area contributed by atoms with Gasteiger partial charge in [0.15, 0.2) is 0 Å². The second kappa shape index (κ2) is 11.0. The number of rotatable bonds is 8. The highest BCUT2D eigenvalue weighted by Crippen LogP contribution is 2.47. The van der Waals surface area contributed by atoms with Crippen LogP contribution in [0.15, 0.2) is 51.8 Å². The molecule has 0 spiro atoms. The average molecular weight is 502 g/mol. The molecule has 0 amide bonds. The van der Waals surface area contributed by atoms with Crippen LogP contribution in [0.5, 0.6) is 0 Å². The summed E-state index contributed by atoms with van der Waals surface area (Å²) < 4.78 is 6.50. The van der Waals surface area contributed by atoms with Crippen molar-refractivity contribution in [3.05, 3.63) is 59.3 Å². The molecule has 3 aromatic heterocycles. The first kappa shape index (κ1) is 24.9. The molecule has 8 heteroatoms. The van der Waals surface area contributed by atoms with Crippen LogP contribution in [0, 0.1) is 11.3 Å². The Hall–Kier alpha value is -3.25. The van der Waals surface area contributed by atoms with Gasteiger partial charge < -0.3 is 10.5 Å². The molecule has 0 fully saturated rings. The second-order valence-electron chi connectivity index (χ2n) is 8.25. The number of hydrogen-bond acceptors (Lipinski definition) is 8. The highest BCUT2D eigenvalue weighted by molar-refractivity contribution is 8.01. The summed E-state index contributed by atoms with van der Waals surface area (Å²) in [6.07, 6.45) is 3.35. The Balaban J connectivity index is 2.09. The monoisotopic (exact) mass is 501 g/mol. The van der Waals surface area contributed by atoms with Gasteiger partial charge in [0.25, 0.3) is 0 Å². The van der Waals surface area contributed by atoms with Gasteiger partial charge in [-0.3, -0.25) is 4.99 Å². The number of ether oxygens (including phenoxy) is 1. The summed E-state index contributed by atoms with van der Waals surface area (Å²) in [4.78, 5) is 14.4. The zero-order valence-corrected chi connectivity index (χ0v) is 21.8. The average Bonchev–Trinajstić information content (AvgIpc) is 3.23.